The van der Waals surface area contributed by atoms with Crippen molar-refractivity contribution in [1.29, 1.82) is 0 Å². The summed E-state index contributed by atoms with van der Waals surface area (Å²) in [7, 11) is 0. The summed E-state index contributed by atoms with van der Waals surface area (Å²) < 4.78 is 0. The Labute approximate surface area is 124 Å². The monoisotopic (exact) mass is 302 g/mol. The van der Waals surface area contributed by atoms with Gasteiger partial charge in [0.2, 0.25) is 5.91 Å². The van der Waals surface area contributed by atoms with Gasteiger partial charge < -0.3 is 10.6 Å². The van der Waals surface area contributed by atoms with Crippen molar-refractivity contribution in [2.45, 2.75) is 26.8 Å². The molecule has 0 spiro atoms. The van der Waals surface area contributed by atoms with E-state index in [2.05, 4.69) is 10.6 Å². The molecule has 0 fully saturated rings. The number of amides is 1. The number of nitrogens with one attached hydrogen (secondary N) is 2. The van der Waals surface area contributed by atoms with Gasteiger partial charge in [0.05, 0.1) is 16.1 Å². The number of carbonyl (C=O) groups is 1. The molecule has 0 radical (unpaired) electrons. The molecule has 106 valence electrons. The van der Waals surface area contributed by atoms with E-state index >= 15 is 0 Å². The quantitative estimate of drug-likeness (QED) is 0.845. The highest BCUT2D eigenvalue weighted by atomic mass is 35.5. The highest BCUT2D eigenvalue weighted by Gasteiger charge is 2.16. The van der Waals surface area contributed by atoms with E-state index in [0.29, 0.717) is 16.6 Å². The van der Waals surface area contributed by atoms with E-state index in [1.54, 1.807) is 12.1 Å². The molecule has 2 N–H and O–H groups in total. The lowest BCUT2D eigenvalue weighted by molar-refractivity contribution is -0.125. The Morgan fingerprint density at radius 1 is 1.26 bits per heavy atom. The van der Waals surface area contributed by atoms with E-state index in [0.717, 1.165) is 12.1 Å². The first-order valence-corrected chi connectivity index (χ1v) is 7.17. The van der Waals surface area contributed by atoms with Gasteiger partial charge in [-0.2, -0.15) is 0 Å². The molecule has 2 atom stereocenters. The van der Waals surface area contributed by atoms with Crippen molar-refractivity contribution in [3.8, 4) is 0 Å². The van der Waals surface area contributed by atoms with Gasteiger partial charge in [-0.1, -0.05) is 43.1 Å². The van der Waals surface area contributed by atoms with Crippen LogP contribution in [0.15, 0.2) is 18.2 Å². The summed E-state index contributed by atoms with van der Waals surface area (Å²) in [5, 5.41) is 7.15. The number of hydrogen-bond acceptors (Lipinski definition) is 2. The SMILES string of the molecule is CCNCC(C)C(=O)NC(C)c1ccc(Cl)c(Cl)c1. The predicted molar refractivity (Wildman–Crippen MR) is 80.7 cm³/mol. The average Bonchev–Trinajstić information content (AvgIpc) is 2.38. The van der Waals surface area contributed by atoms with Crippen molar-refractivity contribution in [3.63, 3.8) is 0 Å². The minimum Gasteiger partial charge on any atom is -0.349 e. The number of carbonyl (C=O) groups excluding carboxylic acids is 1. The van der Waals surface area contributed by atoms with Gasteiger partial charge in [-0.25, -0.2) is 0 Å². The molecule has 3 nitrogen and oxygen atoms in total. The minimum atomic E-state index is -0.0913. The van der Waals surface area contributed by atoms with Crippen molar-refractivity contribution in [1.82, 2.24) is 10.6 Å². The Morgan fingerprint density at radius 3 is 2.53 bits per heavy atom. The number of benzene rings is 1. The van der Waals surface area contributed by atoms with E-state index < -0.39 is 0 Å². The Kier molecular flexibility index (Phi) is 6.63. The van der Waals surface area contributed by atoms with Gasteiger partial charge in [0, 0.05) is 12.5 Å². The van der Waals surface area contributed by atoms with Crippen LogP contribution in [0.4, 0.5) is 0 Å². The molecule has 1 amide bonds. The van der Waals surface area contributed by atoms with Crippen LogP contribution in [0.5, 0.6) is 0 Å². The van der Waals surface area contributed by atoms with Crippen LogP contribution in [-0.2, 0) is 4.79 Å². The lowest BCUT2D eigenvalue weighted by atomic mass is 10.1. The van der Waals surface area contributed by atoms with E-state index in [4.69, 9.17) is 23.2 Å². The molecule has 1 rings (SSSR count). The fourth-order valence-electron chi connectivity index (χ4n) is 1.67. The normalized spacial score (nSPS) is 13.9. The molecule has 1 aromatic carbocycles. The summed E-state index contributed by atoms with van der Waals surface area (Å²) in [5.74, 6) is -0.0373. The molecule has 19 heavy (non-hydrogen) atoms. The second-order valence-corrected chi connectivity index (χ2v) is 5.43. The maximum atomic E-state index is 12.0. The van der Waals surface area contributed by atoms with E-state index in [1.807, 2.05) is 26.8 Å². The Bertz CT molecular complexity index is 437. The molecule has 0 aliphatic carbocycles. The van der Waals surface area contributed by atoms with Crippen molar-refractivity contribution >= 4 is 29.1 Å². The lowest BCUT2D eigenvalue weighted by Crippen LogP contribution is -2.36. The maximum absolute atomic E-state index is 12.0. The fourth-order valence-corrected chi connectivity index (χ4v) is 1.98. The second-order valence-electron chi connectivity index (χ2n) is 4.61. The maximum Gasteiger partial charge on any atom is 0.224 e. The van der Waals surface area contributed by atoms with Crippen LogP contribution in [0.2, 0.25) is 10.0 Å². The molecular formula is C14H20Cl2N2O. The lowest BCUT2D eigenvalue weighted by Gasteiger charge is -2.18. The van der Waals surface area contributed by atoms with E-state index in [-0.39, 0.29) is 17.9 Å². The standard InChI is InChI=1S/C14H20Cl2N2O/c1-4-17-8-9(2)14(19)18-10(3)11-5-6-12(15)13(16)7-11/h5-7,9-10,17H,4,8H2,1-3H3,(H,18,19). The van der Waals surface area contributed by atoms with Gasteiger partial charge in [-0.05, 0) is 31.2 Å². The Hall–Kier alpha value is -0.770. The molecule has 0 aliphatic heterocycles. The van der Waals surface area contributed by atoms with Gasteiger partial charge in [0.25, 0.3) is 0 Å². The molecule has 5 heteroatoms. The largest absolute Gasteiger partial charge is 0.349 e. The van der Waals surface area contributed by atoms with Crippen LogP contribution in [0.3, 0.4) is 0 Å². The molecule has 2 unspecified atom stereocenters. The fraction of sp³-hybridized carbons (Fsp3) is 0.500. The summed E-state index contributed by atoms with van der Waals surface area (Å²) in [5.41, 5.74) is 0.943. The summed E-state index contributed by atoms with van der Waals surface area (Å²) in [4.78, 5) is 12.0. The second kappa shape index (κ2) is 7.73. The van der Waals surface area contributed by atoms with E-state index in [9.17, 15) is 4.79 Å². The van der Waals surface area contributed by atoms with Crippen molar-refractivity contribution in [2.75, 3.05) is 13.1 Å². The molecular weight excluding hydrogens is 283 g/mol. The predicted octanol–water partition coefficient (Wildman–Crippen LogP) is 3.42. The zero-order valence-corrected chi connectivity index (χ0v) is 13.0. The summed E-state index contributed by atoms with van der Waals surface area (Å²) >= 11 is 11.8. The van der Waals surface area contributed by atoms with Crippen LogP contribution in [-0.4, -0.2) is 19.0 Å². The number of hydrogen-bond donors (Lipinski definition) is 2. The third-order valence-electron chi connectivity index (χ3n) is 2.95. The molecule has 1 aromatic rings. The zero-order chi connectivity index (χ0) is 14.4. The third-order valence-corrected chi connectivity index (χ3v) is 3.69. The summed E-state index contributed by atoms with van der Waals surface area (Å²) in [6, 6.07) is 5.30. The minimum absolute atomic E-state index is 0.0273. The summed E-state index contributed by atoms with van der Waals surface area (Å²) in [6.07, 6.45) is 0. The van der Waals surface area contributed by atoms with Gasteiger partial charge in [0.15, 0.2) is 0 Å². The number of halogens is 2. The van der Waals surface area contributed by atoms with E-state index in [1.165, 1.54) is 0 Å². The molecule has 0 aromatic heterocycles. The third kappa shape index (κ3) is 5.01. The smallest absolute Gasteiger partial charge is 0.224 e. The molecule has 0 heterocycles. The zero-order valence-electron chi connectivity index (χ0n) is 11.5. The van der Waals surface area contributed by atoms with Crippen molar-refractivity contribution < 1.29 is 4.79 Å². The van der Waals surface area contributed by atoms with Crippen LogP contribution < -0.4 is 10.6 Å². The summed E-state index contributed by atoms with van der Waals surface area (Å²) in [6.45, 7) is 7.39. The average molecular weight is 303 g/mol. The van der Waals surface area contributed by atoms with Gasteiger partial charge in [-0.15, -0.1) is 0 Å². The first kappa shape index (κ1) is 16.3. The number of rotatable bonds is 6. The molecule has 0 saturated heterocycles. The molecule has 0 bridgehead atoms. The first-order valence-electron chi connectivity index (χ1n) is 6.41. The topological polar surface area (TPSA) is 41.1 Å². The first-order chi connectivity index (χ1) is 8.95. The van der Waals surface area contributed by atoms with Crippen molar-refractivity contribution in [3.05, 3.63) is 33.8 Å². The Balaban J connectivity index is 2.60. The molecule has 0 aliphatic rings. The van der Waals surface area contributed by atoms with Crippen LogP contribution in [0.25, 0.3) is 0 Å². The van der Waals surface area contributed by atoms with Crippen LogP contribution in [0.1, 0.15) is 32.4 Å². The highest BCUT2D eigenvalue weighted by molar-refractivity contribution is 6.42. The van der Waals surface area contributed by atoms with Gasteiger partial charge in [-0.3, -0.25) is 4.79 Å². The highest BCUT2D eigenvalue weighted by Crippen LogP contribution is 2.25. The van der Waals surface area contributed by atoms with Crippen molar-refractivity contribution in [2.24, 2.45) is 5.92 Å². The molecule has 0 saturated carbocycles. The van der Waals surface area contributed by atoms with Gasteiger partial charge in [0.1, 0.15) is 0 Å². The van der Waals surface area contributed by atoms with Crippen LogP contribution in [0, 0.1) is 5.92 Å². The van der Waals surface area contributed by atoms with Gasteiger partial charge >= 0.3 is 0 Å². The Morgan fingerprint density at radius 2 is 1.95 bits per heavy atom. The van der Waals surface area contributed by atoms with Crippen LogP contribution >= 0.6 is 23.2 Å².